The van der Waals surface area contributed by atoms with E-state index in [1.807, 2.05) is 0 Å². The van der Waals surface area contributed by atoms with E-state index in [-0.39, 0.29) is 17.5 Å². The summed E-state index contributed by atoms with van der Waals surface area (Å²) in [4.78, 5) is 10.8. The molecule has 0 saturated heterocycles. The summed E-state index contributed by atoms with van der Waals surface area (Å²) in [5.74, 6) is -0.142. The molecule has 0 spiro atoms. The monoisotopic (exact) mass is 242 g/mol. The molecule has 86 valence electrons. The number of nitrogens with zero attached hydrogens (tertiary/aromatic N) is 1. The molecule has 1 rings (SSSR count). The topological polar surface area (TPSA) is 70.9 Å². The van der Waals surface area contributed by atoms with Crippen molar-refractivity contribution in [3.63, 3.8) is 0 Å². The van der Waals surface area contributed by atoms with E-state index in [4.69, 9.17) is 16.3 Å². The average Bonchev–Trinajstić information content (AvgIpc) is 2.31. The maximum absolute atomic E-state index is 10.8. The molecule has 5 nitrogen and oxygen atoms in total. The van der Waals surface area contributed by atoms with Gasteiger partial charge >= 0.3 is 0 Å². The van der Waals surface area contributed by atoms with Gasteiger partial charge < -0.3 is 9.84 Å². The molecule has 0 aliphatic heterocycles. The standard InChI is InChI=1S/C10H11ClN2O3/c1-16-9-4-7(2-3-8(9)14)6-12-13-10(15)5-11/h2-4,6,14H,5H2,1H3,(H,13,15)/b12-6-. The minimum absolute atomic E-state index is 0.0458. The fourth-order valence-corrected chi connectivity index (χ4v) is 1.04. The van der Waals surface area contributed by atoms with Crippen molar-refractivity contribution in [3.05, 3.63) is 23.8 Å². The highest BCUT2D eigenvalue weighted by atomic mass is 35.5. The lowest BCUT2D eigenvalue weighted by Crippen LogP contribution is -2.18. The molecule has 16 heavy (non-hydrogen) atoms. The third-order valence-corrected chi connectivity index (χ3v) is 1.97. The lowest BCUT2D eigenvalue weighted by Gasteiger charge is -2.03. The Hall–Kier alpha value is -1.75. The number of ether oxygens (including phenoxy) is 1. The summed E-state index contributed by atoms with van der Waals surface area (Å²) in [6.45, 7) is 0. The molecule has 0 saturated carbocycles. The van der Waals surface area contributed by atoms with Gasteiger partial charge in [0.15, 0.2) is 11.5 Å². The number of phenolic OH excluding ortho intramolecular Hbond substituents is 1. The summed E-state index contributed by atoms with van der Waals surface area (Å²) >= 11 is 5.26. The predicted octanol–water partition coefficient (Wildman–Crippen LogP) is 1.09. The van der Waals surface area contributed by atoms with E-state index < -0.39 is 0 Å². The summed E-state index contributed by atoms with van der Waals surface area (Å²) in [7, 11) is 1.45. The van der Waals surface area contributed by atoms with Crippen LogP contribution in [0.4, 0.5) is 0 Å². The third-order valence-electron chi connectivity index (χ3n) is 1.73. The summed E-state index contributed by atoms with van der Waals surface area (Å²) < 4.78 is 4.91. The van der Waals surface area contributed by atoms with Gasteiger partial charge in [0.25, 0.3) is 5.91 Å². The Morgan fingerprint density at radius 1 is 1.69 bits per heavy atom. The number of alkyl halides is 1. The Morgan fingerprint density at radius 2 is 2.44 bits per heavy atom. The molecule has 0 aliphatic carbocycles. The van der Waals surface area contributed by atoms with E-state index in [1.165, 1.54) is 19.4 Å². The summed E-state index contributed by atoms with van der Waals surface area (Å²) in [6.07, 6.45) is 1.42. The number of phenols is 1. The smallest absolute Gasteiger partial charge is 0.254 e. The van der Waals surface area contributed by atoms with Crippen molar-refractivity contribution < 1.29 is 14.6 Å². The Bertz CT molecular complexity index is 407. The molecule has 2 N–H and O–H groups in total. The van der Waals surface area contributed by atoms with Crippen LogP contribution in [-0.2, 0) is 4.79 Å². The summed E-state index contributed by atoms with van der Waals surface area (Å²) in [6, 6.07) is 4.70. The maximum Gasteiger partial charge on any atom is 0.254 e. The molecule has 6 heteroatoms. The van der Waals surface area contributed by atoms with Crippen LogP contribution in [0.5, 0.6) is 11.5 Å². The highest BCUT2D eigenvalue weighted by molar-refractivity contribution is 6.27. The van der Waals surface area contributed by atoms with E-state index in [0.29, 0.717) is 11.3 Å². The van der Waals surface area contributed by atoms with Gasteiger partial charge in [0.1, 0.15) is 5.88 Å². The number of carbonyl (C=O) groups is 1. The van der Waals surface area contributed by atoms with Crippen LogP contribution in [0.15, 0.2) is 23.3 Å². The maximum atomic E-state index is 10.8. The van der Waals surface area contributed by atoms with Crippen molar-refractivity contribution in [1.29, 1.82) is 0 Å². The fraction of sp³-hybridized carbons (Fsp3) is 0.200. The SMILES string of the molecule is COc1cc(/C=N\NC(=O)CCl)ccc1O. The number of hydrogen-bond acceptors (Lipinski definition) is 4. The molecular weight excluding hydrogens is 232 g/mol. The number of methoxy groups -OCH3 is 1. The van der Waals surface area contributed by atoms with E-state index in [9.17, 15) is 9.90 Å². The number of halogens is 1. The second-order valence-electron chi connectivity index (χ2n) is 2.86. The Labute approximate surface area is 97.7 Å². The van der Waals surface area contributed by atoms with Gasteiger partial charge in [0.05, 0.1) is 13.3 Å². The van der Waals surface area contributed by atoms with Crippen LogP contribution in [0.1, 0.15) is 5.56 Å². The van der Waals surface area contributed by atoms with Gasteiger partial charge in [0.2, 0.25) is 0 Å². The molecular formula is C10H11ClN2O3. The number of amides is 1. The van der Waals surface area contributed by atoms with Gasteiger partial charge in [-0.05, 0) is 23.8 Å². The molecule has 0 fully saturated rings. The van der Waals surface area contributed by atoms with Crippen LogP contribution >= 0.6 is 11.6 Å². The lowest BCUT2D eigenvalue weighted by molar-refractivity contribution is -0.118. The number of hydrogen-bond donors (Lipinski definition) is 2. The van der Waals surface area contributed by atoms with Crippen LogP contribution in [0, 0.1) is 0 Å². The number of nitrogens with one attached hydrogen (secondary N) is 1. The zero-order valence-corrected chi connectivity index (χ0v) is 9.36. The highest BCUT2D eigenvalue weighted by Crippen LogP contribution is 2.25. The number of carbonyl (C=O) groups excluding carboxylic acids is 1. The van der Waals surface area contributed by atoms with Crippen LogP contribution in [0.3, 0.4) is 0 Å². The fourth-order valence-electron chi connectivity index (χ4n) is 0.983. The predicted molar refractivity (Wildman–Crippen MR) is 61.1 cm³/mol. The van der Waals surface area contributed by atoms with E-state index in [1.54, 1.807) is 12.1 Å². The van der Waals surface area contributed by atoms with Crippen molar-refractivity contribution in [3.8, 4) is 11.5 Å². The van der Waals surface area contributed by atoms with Crippen LogP contribution in [-0.4, -0.2) is 30.2 Å². The van der Waals surface area contributed by atoms with Gasteiger partial charge in [-0.15, -0.1) is 11.6 Å². The second kappa shape index (κ2) is 5.97. The third kappa shape index (κ3) is 3.43. The molecule has 1 aromatic carbocycles. The molecule has 0 unspecified atom stereocenters. The molecule has 0 aliphatic rings. The number of hydrazone groups is 1. The van der Waals surface area contributed by atoms with Gasteiger partial charge in [-0.25, -0.2) is 5.43 Å². The first-order valence-electron chi connectivity index (χ1n) is 4.42. The number of benzene rings is 1. The summed E-state index contributed by atoms with van der Waals surface area (Å²) in [5.41, 5.74) is 2.91. The first-order chi connectivity index (χ1) is 7.67. The first kappa shape index (κ1) is 12.3. The largest absolute Gasteiger partial charge is 0.504 e. The Balaban J connectivity index is 2.70. The minimum Gasteiger partial charge on any atom is -0.504 e. The van der Waals surface area contributed by atoms with Crippen LogP contribution in [0.25, 0.3) is 0 Å². The second-order valence-corrected chi connectivity index (χ2v) is 3.13. The molecule has 1 amide bonds. The molecule has 0 bridgehead atoms. The number of aromatic hydroxyl groups is 1. The van der Waals surface area contributed by atoms with Crippen molar-refractivity contribution >= 4 is 23.7 Å². The Morgan fingerprint density at radius 3 is 3.06 bits per heavy atom. The first-order valence-corrected chi connectivity index (χ1v) is 4.95. The average molecular weight is 243 g/mol. The van der Waals surface area contributed by atoms with E-state index in [0.717, 1.165) is 0 Å². The quantitative estimate of drug-likeness (QED) is 0.472. The molecule has 1 aromatic rings. The zero-order valence-electron chi connectivity index (χ0n) is 8.61. The van der Waals surface area contributed by atoms with Crippen molar-refractivity contribution in [2.24, 2.45) is 5.10 Å². The van der Waals surface area contributed by atoms with Crippen molar-refractivity contribution in [2.75, 3.05) is 13.0 Å². The molecule has 0 radical (unpaired) electrons. The van der Waals surface area contributed by atoms with Crippen molar-refractivity contribution in [1.82, 2.24) is 5.43 Å². The van der Waals surface area contributed by atoms with E-state index in [2.05, 4.69) is 10.5 Å². The summed E-state index contributed by atoms with van der Waals surface area (Å²) in [5, 5.41) is 13.0. The Kier molecular flexibility index (Phi) is 4.60. The normalized spacial score (nSPS) is 10.4. The molecule has 0 atom stereocenters. The highest BCUT2D eigenvalue weighted by Gasteiger charge is 2.00. The van der Waals surface area contributed by atoms with Crippen molar-refractivity contribution in [2.45, 2.75) is 0 Å². The van der Waals surface area contributed by atoms with Gasteiger partial charge in [-0.1, -0.05) is 0 Å². The van der Waals surface area contributed by atoms with Gasteiger partial charge in [0, 0.05) is 0 Å². The number of rotatable bonds is 4. The van der Waals surface area contributed by atoms with Crippen LogP contribution < -0.4 is 10.2 Å². The molecule has 0 aromatic heterocycles. The van der Waals surface area contributed by atoms with Gasteiger partial charge in [-0.2, -0.15) is 5.10 Å². The van der Waals surface area contributed by atoms with Crippen LogP contribution in [0.2, 0.25) is 0 Å². The van der Waals surface area contributed by atoms with Gasteiger partial charge in [-0.3, -0.25) is 4.79 Å². The lowest BCUT2D eigenvalue weighted by atomic mass is 10.2. The van der Waals surface area contributed by atoms with E-state index >= 15 is 0 Å². The minimum atomic E-state index is -0.385. The molecule has 0 heterocycles. The zero-order chi connectivity index (χ0) is 12.0.